The Bertz CT molecular complexity index is 276. The Balaban J connectivity index is 2.76. The number of hydrogen-bond acceptors (Lipinski definition) is 2. The summed E-state index contributed by atoms with van der Waals surface area (Å²) in [5.74, 6) is 0. The molecule has 4 heteroatoms. The van der Waals surface area contributed by atoms with E-state index >= 15 is 0 Å². The second kappa shape index (κ2) is 4.32. The molecule has 1 unspecified atom stereocenters. The van der Waals surface area contributed by atoms with Crippen LogP contribution in [-0.2, 0) is 0 Å². The first-order valence-corrected chi connectivity index (χ1v) is 5.56. The van der Waals surface area contributed by atoms with Crippen molar-refractivity contribution in [3.05, 3.63) is 12.3 Å². The molecule has 1 aliphatic carbocycles. The Kier molecular flexibility index (Phi) is 3.62. The summed E-state index contributed by atoms with van der Waals surface area (Å²) in [6.07, 6.45) is -0.372. The highest BCUT2D eigenvalue weighted by Crippen LogP contribution is 2.51. The fourth-order valence-electron chi connectivity index (χ4n) is 2.13. The minimum atomic E-state index is -2.49. The van der Waals surface area contributed by atoms with Crippen molar-refractivity contribution in [3.8, 4) is 0 Å². The topological polar surface area (TPSA) is 23.5 Å². The number of aliphatic hydroxyl groups excluding tert-OH is 1. The molecule has 0 spiro atoms. The third-order valence-corrected chi connectivity index (χ3v) is 3.73. The van der Waals surface area contributed by atoms with Gasteiger partial charge >= 0.3 is 0 Å². The van der Waals surface area contributed by atoms with Gasteiger partial charge in [-0.3, -0.25) is 0 Å². The van der Waals surface area contributed by atoms with Crippen molar-refractivity contribution >= 4 is 0 Å². The summed E-state index contributed by atoms with van der Waals surface area (Å²) in [7, 11) is 1.89. The van der Waals surface area contributed by atoms with Crippen LogP contribution in [0.3, 0.4) is 0 Å². The molecule has 0 amide bonds. The second-order valence-electron chi connectivity index (χ2n) is 5.31. The van der Waals surface area contributed by atoms with Crippen molar-refractivity contribution in [2.45, 2.75) is 45.1 Å². The Morgan fingerprint density at radius 3 is 2.31 bits per heavy atom. The van der Waals surface area contributed by atoms with Gasteiger partial charge in [0.2, 0.25) is 6.43 Å². The summed E-state index contributed by atoms with van der Waals surface area (Å²) in [4.78, 5) is 1.98. The molecule has 1 rings (SSSR count). The van der Waals surface area contributed by atoms with E-state index in [-0.39, 0.29) is 5.54 Å². The van der Waals surface area contributed by atoms with E-state index in [9.17, 15) is 8.78 Å². The molecule has 0 bridgehead atoms. The lowest BCUT2D eigenvalue weighted by Crippen LogP contribution is -2.41. The van der Waals surface area contributed by atoms with Crippen LogP contribution in [-0.4, -0.2) is 35.6 Å². The highest BCUT2D eigenvalue weighted by Gasteiger charge is 2.52. The first kappa shape index (κ1) is 13.4. The molecule has 0 aliphatic heterocycles. The predicted octanol–water partition coefficient (Wildman–Crippen LogP) is 2.64. The fraction of sp³-hybridized carbons (Fsp3) is 0.833. The van der Waals surface area contributed by atoms with Crippen LogP contribution < -0.4 is 0 Å². The van der Waals surface area contributed by atoms with Crippen LogP contribution in [0, 0.1) is 5.41 Å². The summed E-state index contributed by atoms with van der Waals surface area (Å²) >= 11 is 0. The average molecular weight is 233 g/mol. The maximum Gasteiger partial charge on any atom is 0.246 e. The smallest absolute Gasteiger partial charge is 0.246 e. The molecule has 1 saturated carbocycles. The van der Waals surface area contributed by atoms with E-state index in [0.717, 1.165) is 18.5 Å². The van der Waals surface area contributed by atoms with E-state index in [1.807, 2.05) is 18.9 Å². The van der Waals surface area contributed by atoms with Crippen molar-refractivity contribution in [2.24, 2.45) is 5.41 Å². The summed E-state index contributed by atoms with van der Waals surface area (Å²) in [5.41, 5.74) is -0.632. The lowest BCUT2D eigenvalue weighted by molar-refractivity contribution is -0.0501. The highest BCUT2D eigenvalue weighted by atomic mass is 19.3. The first-order valence-electron chi connectivity index (χ1n) is 5.56. The molecule has 1 aliphatic rings. The largest absolute Gasteiger partial charge is 0.396 e. The second-order valence-corrected chi connectivity index (χ2v) is 5.31. The molecule has 1 fully saturated rings. The summed E-state index contributed by atoms with van der Waals surface area (Å²) < 4.78 is 25.8. The minimum Gasteiger partial charge on any atom is -0.396 e. The molecule has 1 N–H and O–H groups in total. The van der Waals surface area contributed by atoms with Gasteiger partial charge in [-0.2, -0.15) is 0 Å². The third kappa shape index (κ3) is 2.37. The van der Waals surface area contributed by atoms with Gasteiger partial charge in [0.25, 0.3) is 0 Å². The maximum absolute atomic E-state index is 12.9. The van der Waals surface area contributed by atoms with Gasteiger partial charge in [-0.1, -0.05) is 13.5 Å². The molecular weight excluding hydrogens is 212 g/mol. The van der Waals surface area contributed by atoms with E-state index in [0.29, 0.717) is 6.42 Å². The van der Waals surface area contributed by atoms with Gasteiger partial charge in [0, 0.05) is 18.3 Å². The molecule has 0 heterocycles. The molecule has 0 aromatic rings. The zero-order valence-electron chi connectivity index (χ0n) is 10.3. The van der Waals surface area contributed by atoms with Gasteiger partial charge in [-0.05, 0) is 26.2 Å². The molecule has 1 atom stereocenters. The lowest BCUT2D eigenvalue weighted by Gasteiger charge is -2.37. The van der Waals surface area contributed by atoms with Crippen LogP contribution in [0.25, 0.3) is 0 Å². The molecule has 94 valence electrons. The number of allylic oxidation sites excluding steroid dienone is 1. The Labute approximate surface area is 95.9 Å². The number of halogens is 2. The van der Waals surface area contributed by atoms with Gasteiger partial charge in [0.1, 0.15) is 0 Å². The van der Waals surface area contributed by atoms with Gasteiger partial charge < -0.3 is 10.0 Å². The normalized spacial score (nSPS) is 21.7. The molecule has 0 aromatic carbocycles. The Morgan fingerprint density at radius 2 is 2.06 bits per heavy atom. The highest BCUT2D eigenvalue weighted by molar-refractivity contribution is 5.11. The van der Waals surface area contributed by atoms with Crippen LogP contribution >= 0.6 is 0 Å². The van der Waals surface area contributed by atoms with E-state index < -0.39 is 18.4 Å². The van der Waals surface area contributed by atoms with Gasteiger partial charge in [-0.25, -0.2) is 8.78 Å². The van der Waals surface area contributed by atoms with E-state index in [1.54, 1.807) is 0 Å². The lowest BCUT2D eigenvalue weighted by atomic mass is 9.83. The number of rotatable bonds is 6. The fourth-order valence-corrected chi connectivity index (χ4v) is 2.13. The van der Waals surface area contributed by atoms with Gasteiger partial charge in [0.05, 0.1) is 12.0 Å². The van der Waals surface area contributed by atoms with E-state index in [4.69, 9.17) is 5.11 Å². The van der Waals surface area contributed by atoms with Crippen LogP contribution in [0.1, 0.15) is 33.1 Å². The van der Waals surface area contributed by atoms with Crippen molar-refractivity contribution in [2.75, 3.05) is 13.7 Å². The standard InChI is InChI=1S/C12H21F2NO/c1-9(2)15(4)12(5-6-12)7-11(3,8-16)10(13)14/h10,16H,1,5-8H2,2-4H3. The van der Waals surface area contributed by atoms with Crippen molar-refractivity contribution in [1.29, 1.82) is 0 Å². The minimum absolute atomic E-state index is 0.209. The summed E-state index contributed by atoms with van der Waals surface area (Å²) in [6.45, 7) is 6.68. The number of aliphatic hydroxyl groups is 1. The van der Waals surface area contributed by atoms with Gasteiger partial charge in [0.15, 0.2) is 0 Å². The first-order chi connectivity index (χ1) is 7.27. The van der Waals surface area contributed by atoms with Crippen LogP contribution in [0.15, 0.2) is 12.3 Å². The predicted molar refractivity (Wildman–Crippen MR) is 60.4 cm³/mol. The molecule has 2 nitrogen and oxygen atoms in total. The summed E-state index contributed by atoms with van der Waals surface area (Å²) in [5, 5.41) is 9.15. The van der Waals surface area contributed by atoms with E-state index in [1.165, 1.54) is 6.92 Å². The van der Waals surface area contributed by atoms with Crippen LogP contribution in [0.2, 0.25) is 0 Å². The molecule has 0 radical (unpaired) electrons. The SMILES string of the molecule is C=C(C)N(C)C1(CC(C)(CO)C(F)F)CC1. The zero-order chi connectivity index (χ0) is 12.6. The maximum atomic E-state index is 12.9. The van der Waals surface area contributed by atoms with Crippen LogP contribution in [0.5, 0.6) is 0 Å². The van der Waals surface area contributed by atoms with Crippen molar-refractivity contribution < 1.29 is 13.9 Å². The number of alkyl halides is 2. The monoisotopic (exact) mass is 233 g/mol. The van der Waals surface area contributed by atoms with Crippen molar-refractivity contribution in [3.63, 3.8) is 0 Å². The molecule has 0 saturated heterocycles. The van der Waals surface area contributed by atoms with Crippen molar-refractivity contribution in [1.82, 2.24) is 4.90 Å². The molecular formula is C12H21F2NO. The summed E-state index contributed by atoms with van der Waals surface area (Å²) in [6, 6.07) is 0. The van der Waals surface area contributed by atoms with Gasteiger partial charge in [-0.15, -0.1) is 0 Å². The average Bonchev–Trinajstić information content (AvgIpc) is 2.97. The Morgan fingerprint density at radius 1 is 1.56 bits per heavy atom. The number of nitrogens with zero attached hydrogens (tertiary/aromatic N) is 1. The van der Waals surface area contributed by atoms with E-state index in [2.05, 4.69) is 6.58 Å². The van der Waals surface area contributed by atoms with Crippen LogP contribution in [0.4, 0.5) is 8.78 Å². The number of hydrogen-bond donors (Lipinski definition) is 1. The third-order valence-electron chi connectivity index (χ3n) is 3.73. The molecule has 16 heavy (non-hydrogen) atoms. The Hall–Kier alpha value is -0.640. The quantitative estimate of drug-likeness (QED) is 0.762. The zero-order valence-corrected chi connectivity index (χ0v) is 10.3. The molecule has 0 aromatic heterocycles.